The lowest BCUT2D eigenvalue weighted by Gasteiger charge is -2.22. The lowest BCUT2D eigenvalue weighted by atomic mass is 9.82. The molecule has 0 aliphatic carbocycles. The minimum Gasteiger partial charge on any atom is -0.502 e. The first-order chi connectivity index (χ1) is 15.1. The zero-order valence-electron chi connectivity index (χ0n) is 21.1. The fourth-order valence-corrected chi connectivity index (χ4v) is 3.34. The van der Waals surface area contributed by atoms with Gasteiger partial charge < -0.3 is 15.2 Å². The first kappa shape index (κ1) is 27.3. The number of nitrogens with two attached hydrogens (primary N) is 1. The molecule has 2 aromatic rings. The second-order valence-corrected chi connectivity index (χ2v) is 8.87. The van der Waals surface area contributed by atoms with E-state index in [1.54, 1.807) is 20.4 Å². The molecule has 1 atom stereocenters. The van der Waals surface area contributed by atoms with Crippen molar-refractivity contribution < 1.29 is 9.47 Å². The van der Waals surface area contributed by atoms with Crippen molar-refractivity contribution in [2.75, 3.05) is 14.2 Å². The second kappa shape index (κ2) is 13.6. The third-order valence-electron chi connectivity index (χ3n) is 5.29. The van der Waals surface area contributed by atoms with Gasteiger partial charge in [-0.3, -0.25) is 0 Å². The van der Waals surface area contributed by atoms with E-state index in [4.69, 9.17) is 15.2 Å². The maximum absolute atomic E-state index is 5.87. The van der Waals surface area contributed by atoms with Gasteiger partial charge in [0.05, 0.1) is 19.0 Å². The van der Waals surface area contributed by atoms with Crippen LogP contribution in [-0.2, 0) is 21.3 Å². The topological polar surface area (TPSA) is 44.5 Å². The van der Waals surface area contributed by atoms with Crippen LogP contribution >= 0.6 is 0 Å². The van der Waals surface area contributed by atoms with Crippen LogP contribution in [0.2, 0.25) is 0 Å². The summed E-state index contributed by atoms with van der Waals surface area (Å²) in [6.07, 6.45) is 6.96. The summed E-state index contributed by atoms with van der Waals surface area (Å²) < 4.78 is 9.87. The van der Waals surface area contributed by atoms with E-state index in [-0.39, 0.29) is 11.5 Å². The van der Waals surface area contributed by atoms with Crippen LogP contribution in [0, 0.1) is 0 Å². The maximum Gasteiger partial charge on any atom is 0.0910 e. The predicted molar refractivity (Wildman–Crippen MR) is 138 cm³/mol. The summed E-state index contributed by atoms with van der Waals surface area (Å²) in [5, 5.41) is 0. The quantitative estimate of drug-likeness (QED) is 0.374. The summed E-state index contributed by atoms with van der Waals surface area (Å²) in [5.41, 5.74) is 12.3. The van der Waals surface area contributed by atoms with E-state index in [9.17, 15) is 0 Å². The van der Waals surface area contributed by atoms with Crippen molar-refractivity contribution in [3.05, 3.63) is 101 Å². The largest absolute Gasteiger partial charge is 0.502 e. The number of allylic oxidation sites excluding steroid dienone is 4. The molecule has 174 valence electrons. The van der Waals surface area contributed by atoms with E-state index >= 15 is 0 Å². The molecular formula is C29H41NO2. The fourth-order valence-electron chi connectivity index (χ4n) is 3.34. The van der Waals surface area contributed by atoms with Crippen LogP contribution < -0.4 is 5.73 Å². The van der Waals surface area contributed by atoms with Crippen molar-refractivity contribution in [2.24, 2.45) is 5.73 Å². The molecule has 0 aliphatic rings. The number of rotatable bonds is 7. The van der Waals surface area contributed by atoms with Crippen molar-refractivity contribution in [1.29, 1.82) is 0 Å². The Balaban J connectivity index is 0.000000482. The molecule has 0 saturated heterocycles. The molecule has 2 aromatic carbocycles. The van der Waals surface area contributed by atoms with Crippen LogP contribution in [0.4, 0.5) is 0 Å². The van der Waals surface area contributed by atoms with Gasteiger partial charge >= 0.3 is 0 Å². The molecule has 0 aromatic heterocycles. The molecule has 0 fully saturated rings. The zero-order valence-corrected chi connectivity index (χ0v) is 21.1. The van der Waals surface area contributed by atoms with E-state index in [0.717, 1.165) is 23.3 Å². The first-order valence-electron chi connectivity index (χ1n) is 11.1. The van der Waals surface area contributed by atoms with Crippen molar-refractivity contribution in [1.82, 2.24) is 0 Å². The van der Waals surface area contributed by atoms with Gasteiger partial charge in [0.2, 0.25) is 0 Å². The smallest absolute Gasteiger partial charge is 0.0910 e. The highest BCUT2D eigenvalue weighted by molar-refractivity contribution is 5.78. The molecule has 0 amide bonds. The molecule has 2 rings (SSSR count). The van der Waals surface area contributed by atoms with Gasteiger partial charge in [-0.05, 0) is 66.5 Å². The summed E-state index contributed by atoms with van der Waals surface area (Å²) in [4.78, 5) is 0. The van der Waals surface area contributed by atoms with E-state index in [1.807, 2.05) is 38.1 Å². The Morgan fingerprint density at radius 2 is 1.56 bits per heavy atom. The zero-order chi connectivity index (χ0) is 24.1. The summed E-state index contributed by atoms with van der Waals surface area (Å²) in [5.74, 6) is 0.893. The van der Waals surface area contributed by atoms with Gasteiger partial charge in [-0.1, -0.05) is 81.4 Å². The minimum atomic E-state index is 0.143. The first-order valence-corrected chi connectivity index (χ1v) is 11.1. The van der Waals surface area contributed by atoms with Gasteiger partial charge in [0, 0.05) is 13.3 Å². The van der Waals surface area contributed by atoms with Crippen molar-refractivity contribution >= 4 is 5.57 Å². The number of methoxy groups -OCH3 is 2. The molecule has 0 radical (unpaired) electrons. The third-order valence-corrected chi connectivity index (χ3v) is 5.29. The Morgan fingerprint density at radius 3 is 2.09 bits per heavy atom. The van der Waals surface area contributed by atoms with Crippen molar-refractivity contribution in [3.63, 3.8) is 0 Å². The van der Waals surface area contributed by atoms with Crippen LogP contribution in [0.5, 0.6) is 0 Å². The molecule has 0 bridgehead atoms. The number of benzene rings is 2. The standard InChI is InChI=1S/C22H27N.C7H14O2/c1-17(20(16-23)18-10-6-5-7-11-18)14-15-19-12-8-9-13-21(19)22(2,3)4;1-6(8-3)5-7(2)9-4/h5-14,16H,15,23H2,1-4H3;5-6H,1-4H3/b17-14-,20-16+;7-5-. The van der Waals surface area contributed by atoms with E-state index in [2.05, 4.69) is 70.2 Å². The number of hydrogen-bond donors (Lipinski definition) is 1. The monoisotopic (exact) mass is 435 g/mol. The van der Waals surface area contributed by atoms with Crippen LogP contribution in [0.3, 0.4) is 0 Å². The Morgan fingerprint density at radius 1 is 0.969 bits per heavy atom. The van der Waals surface area contributed by atoms with Gasteiger partial charge in [0.15, 0.2) is 0 Å². The highest BCUT2D eigenvalue weighted by atomic mass is 16.5. The van der Waals surface area contributed by atoms with Crippen LogP contribution in [-0.4, -0.2) is 20.3 Å². The van der Waals surface area contributed by atoms with E-state index in [0.29, 0.717) is 0 Å². The van der Waals surface area contributed by atoms with Gasteiger partial charge in [0.25, 0.3) is 0 Å². The predicted octanol–water partition coefficient (Wildman–Crippen LogP) is 7.04. The average Bonchev–Trinajstić information content (AvgIpc) is 2.78. The van der Waals surface area contributed by atoms with Crippen LogP contribution in [0.1, 0.15) is 58.2 Å². The van der Waals surface area contributed by atoms with Crippen LogP contribution in [0.15, 0.2) is 84.3 Å². The van der Waals surface area contributed by atoms with Gasteiger partial charge in [-0.15, -0.1) is 0 Å². The van der Waals surface area contributed by atoms with Gasteiger partial charge in [0.1, 0.15) is 0 Å². The number of ether oxygens (including phenoxy) is 2. The normalized spacial score (nSPS) is 13.8. The lowest BCUT2D eigenvalue weighted by molar-refractivity contribution is 0.150. The van der Waals surface area contributed by atoms with Gasteiger partial charge in [-0.2, -0.15) is 0 Å². The molecule has 1 unspecified atom stereocenters. The molecule has 2 N–H and O–H groups in total. The highest BCUT2D eigenvalue weighted by Gasteiger charge is 2.16. The summed E-state index contributed by atoms with van der Waals surface area (Å²) in [6, 6.07) is 19.0. The summed E-state index contributed by atoms with van der Waals surface area (Å²) in [6.45, 7) is 12.8. The Labute approximate surface area is 195 Å². The molecule has 0 aliphatic heterocycles. The van der Waals surface area contributed by atoms with Crippen molar-refractivity contribution in [3.8, 4) is 0 Å². The summed E-state index contributed by atoms with van der Waals surface area (Å²) >= 11 is 0. The minimum absolute atomic E-state index is 0.143. The number of hydrogen-bond acceptors (Lipinski definition) is 3. The molecular weight excluding hydrogens is 394 g/mol. The molecule has 3 heteroatoms. The Bertz CT molecular complexity index is 902. The Kier molecular flexibility index (Phi) is 11.6. The fraction of sp³-hybridized carbons (Fsp3) is 0.379. The van der Waals surface area contributed by atoms with Gasteiger partial charge in [-0.25, -0.2) is 0 Å². The molecule has 3 nitrogen and oxygen atoms in total. The van der Waals surface area contributed by atoms with Crippen LogP contribution in [0.25, 0.3) is 5.57 Å². The van der Waals surface area contributed by atoms with E-state index < -0.39 is 0 Å². The molecule has 0 saturated carbocycles. The van der Waals surface area contributed by atoms with Crippen molar-refractivity contribution in [2.45, 2.75) is 59.5 Å². The SMILES string of the molecule is CC(=C/Cc1ccccc1C(C)(C)C)/C(=C\N)c1ccccc1.CO/C(C)=C\C(C)OC. The third kappa shape index (κ3) is 9.15. The summed E-state index contributed by atoms with van der Waals surface area (Å²) in [7, 11) is 3.32. The molecule has 32 heavy (non-hydrogen) atoms. The lowest BCUT2D eigenvalue weighted by Crippen LogP contribution is -2.13. The maximum atomic E-state index is 5.87. The highest BCUT2D eigenvalue weighted by Crippen LogP contribution is 2.27. The Hall–Kier alpha value is -2.78. The second-order valence-electron chi connectivity index (χ2n) is 8.87. The average molecular weight is 436 g/mol. The molecule has 0 spiro atoms. The van der Waals surface area contributed by atoms with E-state index in [1.165, 1.54) is 16.7 Å². The molecule has 0 heterocycles.